The Morgan fingerprint density at radius 2 is 1.95 bits per heavy atom. The lowest BCUT2D eigenvalue weighted by Crippen LogP contribution is -2.40. The molecule has 0 radical (unpaired) electrons. The van der Waals surface area contributed by atoms with Gasteiger partial charge in [-0.3, -0.25) is 9.59 Å². The van der Waals surface area contributed by atoms with Gasteiger partial charge >= 0.3 is 0 Å². The van der Waals surface area contributed by atoms with Gasteiger partial charge in [0.05, 0.1) is 5.69 Å². The van der Waals surface area contributed by atoms with Crippen LogP contribution in [-0.2, 0) is 9.59 Å². The second-order valence-corrected chi connectivity index (χ2v) is 6.82. The number of carbonyl (C=O) groups excluding carboxylic acids is 2. The number of nitrogens with zero attached hydrogens (tertiary/aromatic N) is 1. The molecular weight excluding hydrogens is 281 g/mol. The highest BCUT2D eigenvalue weighted by molar-refractivity contribution is 6.08. The van der Waals surface area contributed by atoms with Gasteiger partial charge in [0.2, 0.25) is 12.3 Å². The van der Waals surface area contributed by atoms with E-state index in [1.165, 1.54) is 12.1 Å². The molecule has 0 aromatic heterocycles. The Balaban J connectivity index is 1.68. The van der Waals surface area contributed by atoms with Gasteiger partial charge in [-0.1, -0.05) is 31.2 Å². The summed E-state index contributed by atoms with van der Waals surface area (Å²) in [6, 6.07) is 5.93. The van der Waals surface area contributed by atoms with Crippen molar-refractivity contribution in [2.24, 2.45) is 29.1 Å². The Labute approximate surface area is 128 Å². The van der Waals surface area contributed by atoms with Gasteiger partial charge in [-0.2, -0.15) is 0 Å². The van der Waals surface area contributed by atoms with E-state index in [2.05, 4.69) is 19.1 Å². The van der Waals surface area contributed by atoms with E-state index in [0.29, 0.717) is 12.3 Å². The smallest absolute Gasteiger partial charge is 0.237 e. The normalized spacial score (nSPS) is 33.2. The molecule has 1 aromatic carbocycles. The number of benzene rings is 1. The molecule has 3 aliphatic carbocycles. The minimum absolute atomic E-state index is 0.0475. The lowest BCUT2D eigenvalue weighted by molar-refractivity contribution is -0.127. The molecule has 0 aliphatic heterocycles. The number of hydrogen-bond donors (Lipinski definition) is 0. The summed E-state index contributed by atoms with van der Waals surface area (Å²) in [5.74, 6) is -0.192. The molecule has 0 N–H and O–H groups in total. The average molecular weight is 299 g/mol. The Morgan fingerprint density at radius 1 is 1.27 bits per heavy atom. The van der Waals surface area contributed by atoms with Crippen LogP contribution in [-0.4, -0.2) is 12.3 Å². The molecule has 3 aliphatic rings. The number of rotatable bonds is 3. The Bertz CT molecular complexity index is 679. The quantitative estimate of drug-likeness (QED) is 0.635. The van der Waals surface area contributed by atoms with E-state index >= 15 is 0 Å². The standard InChI is InChI=1S/C18H18FNO2/c1-11-12-6-7-13(18(12)8-9-18)16(11)17(22)20(10-21)15-5-3-2-4-14(15)19/h2-7,10-13,16H,8-9H2,1H3/t11-,12-,13-,16+/m1/s1. The van der Waals surface area contributed by atoms with E-state index in [9.17, 15) is 14.0 Å². The first-order valence-electron chi connectivity index (χ1n) is 7.81. The van der Waals surface area contributed by atoms with Crippen LogP contribution in [0.5, 0.6) is 0 Å². The summed E-state index contributed by atoms with van der Waals surface area (Å²) in [4.78, 5) is 25.4. The number of amides is 2. The first kappa shape index (κ1) is 13.7. The summed E-state index contributed by atoms with van der Waals surface area (Å²) < 4.78 is 14.0. The predicted molar refractivity (Wildman–Crippen MR) is 80.4 cm³/mol. The van der Waals surface area contributed by atoms with Crippen LogP contribution in [0, 0.1) is 34.9 Å². The van der Waals surface area contributed by atoms with E-state index in [1.807, 2.05) is 0 Å². The monoisotopic (exact) mass is 299 g/mol. The molecular formula is C18H18FNO2. The van der Waals surface area contributed by atoms with E-state index in [1.54, 1.807) is 12.1 Å². The van der Waals surface area contributed by atoms with Gasteiger partial charge in [0.25, 0.3) is 0 Å². The number of hydrogen-bond acceptors (Lipinski definition) is 2. The van der Waals surface area contributed by atoms with Crippen molar-refractivity contribution >= 4 is 18.0 Å². The van der Waals surface area contributed by atoms with Crippen molar-refractivity contribution < 1.29 is 14.0 Å². The number of halogens is 1. The fraction of sp³-hybridized carbons (Fsp3) is 0.444. The van der Waals surface area contributed by atoms with Gasteiger partial charge in [0, 0.05) is 5.92 Å². The zero-order valence-electron chi connectivity index (χ0n) is 12.4. The number of allylic oxidation sites excluding steroid dienone is 2. The highest BCUT2D eigenvalue weighted by Gasteiger charge is 2.67. The molecule has 0 saturated heterocycles. The van der Waals surface area contributed by atoms with Crippen LogP contribution >= 0.6 is 0 Å². The highest BCUT2D eigenvalue weighted by atomic mass is 19.1. The zero-order valence-corrected chi connectivity index (χ0v) is 12.4. The minimum Gasteiger partial charge on any atom is -0.278 e. The maximum absolute atomic E-state index is 14.0. The molecule has 114 valence electrons. The van der Waals surface area contributed by atoms with Crippen LogP contribution in [0.3, 0.4) is 0 Å². The number of imide groups is 1. The van der Waals surface area contributed by atoms with Crippen LogP contribution in [0.15, 0.2) is 36.4 Å². The largest absolute Gasteiger partial charge is 0.278 e. The molecule has 4 heteroatoms. The minimum atomic E-state index is -0.546. The maximum Gasteiger partial charge on any atom is 0.237 e. The molecule has 2 bridgehead atoms. The van der Waals surface area contributed by atoms with Gasteiger partial charge in [0.1, 0.15) is 5.82 Å². The third-order valence-corrected chi connectivity index (χ3v) is 5.94. The molecule has 0 heterocycles. The number of para-hydroxylation sites is 1. The SMILES string of the molecule is C[C@H]1[C@H](C(=O)N(C=O)c2ccccc2F)[C@H]2C=C[C@H]1C21CC1. The molecule has 3 nitrogen and oxygen atoms in total. The van der Waals surface area contributed by atoms with Gasteiger partial charge in [-0.05, 0) is 48.1 Å². The molecule has 4 atom stereocenters. The average Bonchev–Trinajstić information content (AvgIpc) is 3.17. The van der Waals surface area contributed by atoms with Gasteiger partial charge in [-0.15, -0.1) is 0 Å². The molecule has 2 saturated carbocycles. The van der Waals surface area contributed by atoms with E-state index in [-0.39, 0.29) is 34.8 Å². The summed E-state index contributed by atoms with van der Waals surface area (Å²) in [6.45, 7) is 2.08. The van der Waals surface area contributed by atoms with Crippen LogP contribution in [0.1, 0.15) is 19.8 Å². The van der Waals surface area contributed by atoms with Crippen molar-refractivity contribution in [1.82, 2.24) is 0 Å². The van der Waals surface area contributed by atoms with Crippen LogP contribution in [0.25, 0.3) is 0 Å². The summed E-state index contributed by atoms with van der Waals surface area (Å²) >= 11 is 0. The van der Waals surface area contributed by atoms with Gasteiger partial charge in [0.15, 0.2) is 0 Å². The third-order valence-electron chi connectivity index (χ3n) is 5.94. The van der Waals surface area contributed by atoms with Crippen LogP contribution < -0.4 is 4.90 Å². The molecule has 2 fully saturated rings. The lowest BCUT2D eigenvalue weighted by atomic mass is 9.83. The lowest BCUT2D eigenvalue weighted by Gasteiger charge is -2.27. The summed E-state index contributed by atoms with van der Waals surface area (Å²) in [7, 11) is 0. The molecule has 2 amide bonds. The fourth-order valence-electron chi connectivity index (χ4n) is 4.80. The molecule has 0 unspecified atom stereocenters. The number of anilines is 1. The van der Waals surface area contributed by atoms with Crippen molar-refractivity contribution in [2.75, 3.05) is 4.90 Å². The van der Waals surface area contributed by atoms with Crippen molar-refractivity contribution in [3.8, 4) is 0 Å². The van der Waals surface area contributed by atoms with Crippen molar-refractivity contribution in [2.45, 2.75) is 19.8 Å². The molecule has 4 rings (SSSR count). The fourth-order valence-corrected chi connectivity index (χ4v) is 4.80. The van der Waals surface area contributed by atoms with Crippen molar-refractivity contribution in [3.63, 3.8) is 0 Å². The molecule has 1 aromatic rings. The van der Waals surface area contributed by atoms with E-state index in [0.717, 1.165) is 17.7 Å². The molecule has 1 spiro atoms. The Hall–Kier alpha value is -1.97. The topological polar surface area (TPSA) is 37.4 Å². The number of carbonyl (C=O) groups is 2. The predicted octanol–water partition coefficient (Wildman–Crippen LogP) is 3.16. The van der Waals surface area contributed by atoms with Crippen LogP contribution in [0.2, 0.25) is 0 Å². The second kappa shape index (κ2) is 4.51. The maximum atomic E-state index is 14.0. The van der Waals surface area contributed by atoms with Crippen molar-refractivity contribution in [3.05, 3.63) is 42.2 Å². The summed E-state index contributed by atoms with van der Waals surface area (Å²) in [6.07, 6.45) is 7.14. The van der Waals surface area contributed by atoms with Gasteiger partial charge < -0.3 is 0 Å². The molecule has 22 heavy (non-hydrogen) atoms. The summed E-state index contributed by atoms with van der Waals surface area (Å²) in [5.41, 5.74) is 0.301. The zero-order chi connectivity index (χ0) is 15.5. The third kappa shape index (κ3) is 1.61. The first-order valence-corrected chi connectivity index (χ1v) is 7.81. The first-order chi connectivity index (χ1) is 10.6. The van der Waals surface area contributed by atoms with E-state index in [4.69, 9.17) is 0 Å². The van der Waals surface area contributed by atoms with E-state index < -0.39 is 5.82 Å². The highest BCUT2D eigenvalue weighted by Crippen LogP contribution is 2.72. The summed E-state index contributed by atoms with van der Waals surface area (Å²) in [5, 5.41) is 0. The van der Waals surface area contributed by atoms with Crippen molar-refractivity contribution in [1.29, 1.82) is 0 Å². The Kier molecular flexibility index (Phi) is 2.80. The Morgan fingerprint density at radius 3 is 2.55 bits per heavy atom. The van der Waals surface area contributed by atoms with Crippen LogP contribution in [0.4, 0.5) is 10.1 Å². The van der Waals surface area contributed by atoms with Gasteiger partial charge in [-0.25, -0.2) is 9.29 Å². The second-order valence-electron chi connectivity index (χ2n) is 6.82.